The van der Waals surface area contributed by atoms with Gasteiger partial charge in [-0.25, -0.2) is 0 Å². The van der Waals surface area contributed by atoms with E-state index in [1.54, 1.807) is 7.11 Å². The van der Waals surface area contributed by atoms with Crippen molar-refractivity contribution in [1.82, 2.24) is 0 Å². The summed E-state index contributed by atoms with van der Waals surface area (Å²) in [5.41, 5.74) is 7.84. The number of ether oxygens (including phenoxy) is 1. The molecule has 0 aromatic heterocycles. The van der Waals surface area contributed by atoms with Crippen molar-refractivity contribution in [3.8, 4) is 0 Å². The molecule has 0 amide bonds. The second kappa shape index (κ2) is 8.41. The van der Waals surface area contributed by atoms with Crippen molar-refractivity contribution in [2.45, 2.75) is 32.7 Å². The summed E-state index contributed by atoms with van der Waals surface area (Å²) >= 11 is 6.42. The quantitative estimate of drug-likeness (QED) is 0.797. The lowest BCUT2D eigenvalue weighted by Gasteiger charge is -2.31. The van der Waals surface area contributed by atoms with Crippen LogP contribution in [0.25, 0.3) is 0 Å². The number of methoxy groups -OCH3 is 1. The monoisotopic (exact) mass is 284 g/mol. The summed E-state index contributed by atoms with van der Waals surface area (Å²) in [6.07, 6.45) is 1.94. The Labute approximate surface area is 121 Å². The van der Waals surface area contributed by atoms with Gasteiger partial charge in [-0.1, -0.05) is 24.6 Å². The van der Waals surface area contributed by atoms with Crippen LogP contribution in [0.5, 0.6) is 0 Å². The lowest BCUT2D eigenvalue weighted by Crippen LogP contribution is -2.35. The standard InChI is InChI=1S/C15H25ClN2O/c1-4-12(2)18(9-10-19-3)15-6-5-13(7-8-17)11-14(15)16/h5-6,11-12H,4,7-10,17H2,1-3H3. The minimum atomic E-state index is 0.438. The van der Waals surface area contributed by atoms with Gasteiger partial charge in [0.1, 0.15) is 0 Å². The van der Waals surface area contributed by atoms with E-state index in [1.807, 2.05) is 6.07 Å². The summed E-state index contributed by atoms with van der Waals surface area (Å²) in [4.78, 5) is 2.30. The van der Waals surface area contributed by atoms with Gasteiger partial charge < -0.3 is 15.4 Å². The molecule has 0 saturated carbocycles. The normalized spacial score (nSPS) is 12.5. The molecule has 19 heavy (non-hydrogen) atoms. The highest BCUT2D eigenvalue weighted by atomic mass is 35.5. The Kier molecular flexibility index (Phi) is 7.21. The van der Waals surface area contributed by atoms with Gasteiger partial charge in [0, 0.05) is 19.7 Å². The third kappa shape index (κ3) is 4.68. The molecule has 0 fully saturated rings. The van der Waals surface area contributed by atoms with Gasteiger partial charge in [0.05, 0.1) is 17.3 Å². The van der Waals surface area contributed by atoms with Crippen molar-refractivity contribution in [1.29, 1.82) is 0 Å². The molecule has 0 saturated heterocycles. The molecule has 0 bridgehead atoms. The predicted octanol–water partition coefficient (Wildman–Crippen LogP) is 3.09. The average molecular weight is 285 g/mol. The molecule has 0 aliphatic rings. The number of nitrogens with zero attached hydrogens (tertiary/aromatic N) is 1. The van der Waals surface area contributed by atoms with Crippen LogP contribution >= 0.6 is 11.6 Å². The van der Waals surface area contributed by atoms with Crippen LogP contribution in [0.3, 0.4) is 0 Å². The van der Waals surface area contributed by atoms with E-state index in [-0.39, 0.29) is 0 Å². The fourth-order valence-electron chi connectivity index (χ4n) is 2.09. The van der Waals surface area contributed by atoms with E-state index >= 15 is 0 Å². The number of nitrogens with two attached hydrogens (primary N) is 1. The zero-order chi connectivity index (χ0) is 14.3. The summed E-state index contributed by atoms with van der Waals surface area (Å²) in [5.74, 6) is 0. The second-order valence-electron chi connectivity index (χ2n) is 4.77. The second-order valence-corrected chi connectivity index (χ2v) is 5.18. The summed E-state index contributed by atoms with van der Waals surface area (Å²) in [7, 11) is 1.72. The molecular weight excluding hydrogens is 260 g/mol. The van der Waals surface area contributed by atoms with Gasteiger partial charge in [0.25, 0.3) is 0 Å². The number of anilines is 1. The summed E-state index contributed by atoms with van der Waals surface area (Å²) in [6.45, 7) is 6.59. The zero-order valence-electron chi connectivity index (χ0n) is 12.2. The van der Waals surface area contributed by atoms with Gasteiger partial charge in [0.2, 0.25) is 0 Å². The lowest BCUT2D eigenvalue weighted by molar-refractivity contribution is 0.203. The van der Waals surface area contributed by atoms with E-state index in [4.69, 9.17) is 22.1 Å². The summed E-state index contributed by atoms with van der Waals surface area (Å²) < 4.78 is 5.19. The smallest absolute Gasteiger partial charge is 0.0642 e. The summed E-state index contributed by atoms with van der Waals surface area (Å²) in [6, 6.07) is 6.66. The molecule has 1 atom stereocenters. The highest BCUT2D eigenvalue weighted by Gasteiger charge is 2.15. The van der Waals surface area contributed by atoms with E-state index < -0.39 is 0 Å². The van der Waals surface area contributed by atoms with E-state index in [1.165, 1.54) is 5.56 Å². The van der Waals surface area contributed by atoms with E-state index in [0.717, 1.165) is 30.1 Å². The van der Waals surface area contributed by atoms with Crippen LogP contribution in [0.2, 0.25) is 5.02 Å². The number of benzene rings is 1. The van der Waals surface area contributed by atoms with Crippen LogP contribution in [0.15, 0.2) is 18.2 Å². The molecule has 108 valence electrons. The van der Waals surface area contributed by atoms with Crippen molar-refractivity contribution in [3.63, 3.8) is 0 Å². The van der Waals surface area contributed by atoms with Crippen LogP contribution in [-0.4, -0.2) is 32.8 Å². The maximum Gasteiger partial charge on any atom is 0.0642 e. The van der Waals surface area contributed by atoms with Crippen molar-refractivity contribution in [2.75, 3.05) is 31.7 Å². The fraction of sp³-hybridized carbons (Fsp3) is 0.600. The van der Waals surface area contributed by atoms with Crippen molar-refractivity contribution < 1.29 is 4.74 Å². The Morgan fingerprint density at radius 3 is 2.68 bits per heavy atom. The minimum Gasteiger partial charge on any atom is -0.383 e. The number of hydrogen-bond donors (Lipinski definition) is 1. The fourth-order valence-corrected chi connectivity index (χ4v) is 2.41. The maximum atomic E-state index is 6.42. The Hall–Kier alpha value is -0.770. The highest BCUT2D eigenvalue weighted by Crippen LogP contribution is 2.29. The Balaban J connectivity index is 2.94. The Morgan fingerprint density at radius 1 is 1.42 bits per heavy atom. The van der Waals surface area contributed by atoms with Crippen LogP contribution in [0, 0.1) is 0 Å². The molecule has 1 rings (SSSR count). The average Bonchev–Trinajstić information content (AvgIpc) is 2.41. The van der Waals surface area contributed by atoms with Crippen molar-refractivity contribution in [2.24, 2.45) is 5.73 Å². The van der Waals surface area contributed by atoms with Crippen LogP contribution in [0.1, 0.15) is 25.8 Å². The first-order valence-electron chi connectivity index (χ1n) is 6.88. The SMILES string of the molecule is CCC(C)N(CCOC)c1ccc(CCN)cc1Cl. The number of hydrogen-bond acceptors (Lipinski definition) is 3. The van der Waals surface area contributed by atoms with Crippen LogP contribution in [-0.2, 0) is 11.2 Å². The van der Waals surface area contributed by atoms with Crippen LogP contribution < -0.4 is 10.6 Å². The highest BCUT2D eigenvalue weighted by molar-refractivity contribution is 6.33. The molecular formula is C15H25ClN2O. The van der Waals surface area contributed by atoms with Gasteiger partial charge in [-0.05, 0) is 44.0 Å². The Morgan fingerprint density at radius 2 is 2.16 bits per heavy atom. The third-order valence-corrected chi connectivity index (χ3v) is 3.72. The number of halogens is 1. The molecule has 1 unspecified atom stereocenters. The van der Waals surface area contributed by atoms with Gasteiger partial charge in [0.15, 0.2) is 0 Å². The summed E-state index contributed by atoms with van der Waals surface area (Å²) in [5, 5.41) is 0.794. The molecule has 4 heteroatoms. The predicted molar refractivity (Wildman–Crippen MR) is 83.2 cm³/mol. The first-order chi connectivity index (χ1) is 9.13. The first kappa shape index (κ1) is 16.3. The number of rotatable bonds is 8. The van der Waals surface area contributed by atoms with E-state index in [0.29, 0.717) is 19.2 Å². The van der Waals surface area contributed by atoms with Crippen molar-refractivity contribution >= 4 is 17.3 Å². The van der Waals surface area contributed by atoms with Crippen LogP contribution in [0.4, 0.5) is 5.69 Å². The Bertz CT molecular complexity index is 384. The largest absolute Gasteiger partial charge is 0.383 e. The molecule has 1 aromatic carbocycles. The zero-order valence-corrected chi connectivity index (χ0v) is 12.9. The molecule has 0 radical (unpaired) electrons. The molecule has 0 spiro atoms. The van der Waals surface area contributed by atoms with Gasteiger partial charge in [-0.15, -0.1) is 0 Å². The third-order valence-electron chi connectivity index (χ3n) is 3.41. The maximum absolute atomic E-state index is 6.42. The molecule has 2 N–H and O–H groups in total. The van der Waals surface area contributed by atoms with Gasteiger partial charge >= 0.3 is 0 Å². The molecule has 3 nitrogen and oxygen atoms in total. The van der Waals surface area contributed by atoms with E-state index in [2.05, 4.69) is 30.9 Å². The van der Waals surface area contributed by atoms with Crippen molar-refractivity contribution in [3.05, 3.63) is 28.8 Å². The minimum absolute atomic E-state index is 0.438. The molecule has 0 heterocycles. The topological polar surface area (TPSA) is 38.5 Å². The molecule has 1 aromatic rings. The lowest BCUT2D eigenvalue weighted by atomic mass is 10.1. The van der Waals surface area contributed by atoms with E-state index in [9.17, 15) is 0 Å². The van der Waals surface area contributed by atoms with Gasteiger partial charge in [-0.2, -0.15) is 0 Å². The van der Waals surface area contributed by atoms with Gasteiger partial charge in [-0.3, -0.25) is 0 Å². The first-order valence-corrected chi connectivity index (χ1v) is 7.25. The molecule has 0 aliphatic heterocycles. The molecule has 0 aliphatic carbocycles.